The Morgan fingerprint density at radius 1 is 1.44 bits per heavy atom. The van der Waals surface area contributed by atoms with Gasteiger partial charge in [-0.25, -0.2) is 0 Å². The molecule has 2 rings (SSSR count). The molecule has 16 heavy (non-hydrogen) atoms. The molecule has 0 bridgehead atoms. The molecule has 3 nitrogen and oxygen atoms in total. The van der Waals surface area contributed by atoms with Crippen LogP contribution in [0.15, 0.2) is 0 Å². The van der Waals surface area contributed by atoms with Crippen molar-refractivity contribution in [3.63, 3.8) is 0 Å². The maximum absolute atomic E-state index is 12.2. The monoisotopic (exact) mass is 224 g/mol. The summed E-state index contributed by atoms with van der Waals surface area (Å²) in [7, 11) is 0. The molecule has 1 N–H and O–H groups in total. The predicted molar refractivity (Wildman–Crippen MR) is 65.0 cm³/mol. The average Bonchev–Trinajstić information content (AvgIpc) is 2.46. The molecule has 0 aromatic carbocycles. The fourth-order valence-electron chi connectivity index (χ4n) is 2.66. The first-order valence-electron chi connectivity index (χ1n) is 6.79. The first-order chi connectivity index (χ1) is 7.72. The van der Waals surface area contributed by atoms with Crippen LogP contribution in [0.1, 0.15) is 52.4 Å². The van der Waals surface area contributed by atoms with Crippen molar-refractivity contribution in [3.05, 3.63) is 0 Å². The third kappa shape index (κ3) is 2.40. The number of carbonyl (C=O) groups excluding carboxylic acids is 1. The van der Waals surface area contributed by atoms with E-state index in [9.17, 15) is 4.79 Å². The van der Waals surface area contributed by atoms with Gasteiger partial charge in [-0.1, -0.05) is 26.2 Å². The van der Waals surface area contributed by atoms with E-state index >= 15 is 0 Å². The minimum atomic E-state index is 0.0926. The van der Waals surface area contributed by atoms with Crippen LogP contribution in [0.25, 0.3) is 0 Å². The summed E-state index contributed by atoms with van der Waals surface area (Å²) in [4.78, 5) is 14.2. The molecule has 2 unspecified atom stereocenters. The Labute approximate surface area is 98.6 Å². The van der Waals surface area contributed by atoms with Crippen molar-refractivity contribution in [3.8, 4) is 0 Å². The van der Waals surface area contributed by atoms with Gasteiger partial charge in [0.2, 0.25) is 5.91 Å². The number of hydrogen-bond donors (Lipinski definition) is 1. The van der Waals surface area contributed by atoms with Gasteiger partial charge in [-0.05, 0) is 32.1 Å². The summed E-state index contributed by atoms with van der Waals surface area (Å²) in [6, 6.07) is 0.0926. The van der Waals surface area contributed by atoms with Crippen molar-refractivity contribution < 1.29 is 4.79 Å². The third-order valence-electron chi connectivity index (χ3n) is 4.02. The molecule has 2 atom stereocenters. The molecule has 92 valence electrons. The SMILES string of the molecule is CCCCC1NC(C)N(CC2CCC2)C1=O. The lowest BCUT2D eigenvalue weighted by molar-refractivity contribution is -0.131. The summed E-state index contributed by atoms with van der Waals surface area (Å²) in [5.41, 5.74) is 0. The van der Waals surface area contributed by atoms with E-state index < -0.39 is 0 Å². The van der Waals surface area contributed by atoms with Gasteiger partial charge in [0.05, 0.1) is 12.2 Å². The minimum absolute atomic E-state index is 0.0926. The van der Waals surface area contributed by atoms with Gasteiger partial charge in [0.15, 0.2) is 0 Å². The highest BCUT2D eigenvalue weighted by molar-refractivity contribution is 5.84. The van der Waals surface area contributed by atoms with E-state index in [1.54, 1.807) is 0 Å². The van der Waals surface area contributed by atoms with Crippen LogP contribution in [0.3, 0.4) is 0 Å². The van der Waals surface area contributed by atoms with Crippen LogP contribution in [0, 0.1) is 5.92 Å². The zero-order valence-corrected chi connectivity index (χ0v) is 10.5. The van der Waals surface area contributed by atoms with Crippen LogP contribution in [0.5, 0.6) is 0 Å². The Balaban J connectivity index is 1.85. The van der Waals surface area contributed by atoms with Gasteiger partial charge in [-0.3, -0.25) is 10.1 Å². The molecule has 3 heteroatoms. The van der Waals surface area contributed by atoms with Gasteiger partial charge in [-0.2, -0.15) is 0 Å². The van der Waals surface area contributed by atoms with E-state index in [1.807, 2.05) is 0 Å². The quantitative estimate of drug-likeness (QED) is 0.776. The van der Waals surface area contributed by atoms with Crippen molar-refractivity contribution in [1.82, 2.24) is 10.2 Å². The predicted octanol–water partition coefficient (Wildman–Crippen LogP) is 2.12. The van der Waals surface area contributed by atoms with Gasteiger partial charge in [-0.15, -0.1) is 0 Å². The topological polar surface area (TPSA) is 32.3 Å². The van der Waals surface area contributed by atoms with Crippen LogP contribution in [0.4, 0.5) is 0 Å². The van der Waals surface area contributed by atoms with E-state index in [0.717, 1.165) is 25.3 Å². The third-order valence-corrected chi connectivity index (χ3v) is 4.02. The molecule has 1 saturated heterocycles. The Morgan fingerprint density at radius 3 is 2.75 bits per heavy atom. The van der Waals surface area contributed by atoms with Crippen molar-refractivity contribution >= 4 is 5.91 Å². The largest absolute Gasteiger partial charge is 0.326 e. The number of amides is 1. The molecule has 0 aromatic heterocycles. The summed E-state index contributed by atoms with van der Waals surface area (Å²) in [6.45, 7) is 5.27. The minimum Gasteiger partial charge on any atom is -0.326 e. The highest BCUT2D eigenvalue weighted by Gasteiger charge is 2.37. The molecule has 0 spiro atoms. The van der Waals surface area contributed by atoms with Gasteiger partial charge in [0, 0.05) is 6.54 Å². The molecule has 1 aliphatic carbocycles. The van der Waals surface area contributed by atoms with Crippen molar-refractivity contribution in [2.24, 2.45) is 5.92 Å². The van der Waals surface area contributed by atoms with Crippen LogP contribution >= 0.6 is 0 Å². The highest BCUT2D eigenvalue weighted by Crippen LogP contribution is 2.29. The van der Waals surface area contributed by atoms with Crippen LogP contribution < -0.4 is 5.32 Å². The number of nitrogens with zero attached hydrogens (tertiary/aromatic N) is 1. The summed E-state index contributed by atoms with van der Waals surface area (Å²) in [5, 5.41) is 3.42. The Kier molecular flexibility index (Phi) is 3.85. The normalized spacial score (nSPS) is 30.9. The first-order valence-corrected chi connectivity index (χ1v) is 6.79. The molecular formula is C13H24N2O. The average molecular weight is 224 g/mol. The fourth-order valence-corrected chi connectivity index (χ4v) is 2.66. The van der Waals surface area contributed by atoms with E-state index in [-0.39, 0.29) is 12.2 Å². The fraction of sp³-hybridized carbons (Fsp3) is 0.923. The molecule has 1 aliphatic heterocycles. The molecular weight excluding hydrogens is 200 g/mol. The molecule has 1 heterocycles. The Hall–Kier alpha value is -0.570. The van der Waals surface area contributed by atoms with Crippen LogP contribution in [-0.4, -0.2) is 29.6 Å². The van der Waals surface area contributed by atoms with E-state index in [0.29, 0.717) is 5.91 Å². The maximum atomic E-state index is 12.2. The zero-order valence-electron chi connectivity index (χ0n) is 10.5. The van der Waals surface area contributed by atoms with E-state index in [1.165, 1.54) is 25.7 Å². The standard InChI is InChI=1S/C13H24N2O/c1-3-4-8-12-13(16)15(10(2)14-12)9-11-6-5-7-11/h10-12,14H,3-9H2,1-2H3. The Bertz CT molecular complexity index is 250. The molecule has 0 aromatic rings. The lowest BCUT2D eigenvalue weighted by Crippen LogP contribution is -2.40. The number of unbranched alkanes of at least 4 members (excludes halogenated alkanes) is 1. The van der Waals surface area contributed by atoms with Gasteiger partial charge in [0.25, 0.3) is 0 Å². The smallest absolute Gasteiger partial charge is 0.241 e. The number of nitrogens with one attached hydrogen (secondary N) is 1. The van der Waals surface area contributed by atoms with Crippen molar-refractivity contribution in [2.45, 2.75) is 64.6 Å². The molecule has 1 saturated carbocycles. The summed E-state index contributed by atoms with van der Waals surface area (Å²) < 4.78 is 0. The van der Waals surface area contributed by atoms with Crippen molar-refractivity contribution in [2.75, 3.05) is 6.54 Å². The van der Waals surface area contributed by atoms with Gasteiger partial charge in [0.1, 0.15) is 0 Å². The maximum Gasteiger partial charge on any atom is 0.241 e. The van der Waals surface area contributed by atoms with E-state index in [4.69, 9.17) is 0 Å². The highest BCUT2D eigenvalue weighted by atomic mass is 16.2. The van der Waals surface area contributed by atoms with Crippen molar-refractivity contribution in [1.29, 1.82) is 0 Å². The Morgan fingerprint density at radius 2 is 2.19 bits per heavy atom. The van der Waals surface area contributed by atoms with Crippen LogP contribution in [-0.2, 0) is 4.79 Å². The summed E-state index contributed by atoms with van der Waals surface area (Å²) >= 11 is 0. The second-order valence-corrected chi connectivity index (χ2v) is 5.32. The summed E-state index contributed by atoms with van der Waals surface area (Å²) in [5.74, 6) is 1.12. The lowest BCUT2D eigenvalue weighted by atomic mass is 9.85. The first kappa shape index (κ1) is 11.9. The second kappa shape index (κ2) is 5.17. The second-order valence-electron chi connectivity index (χ2n) is 5.32. The molecule has 0 radical (unpaired) electrons. The number of carbonyl (C=O) groups is 1. The van der Waals surface area contributed by atoms with Gasteiger partial charge >= 0.3 is 0 Å². The van der Waals surface area contributed by atoms with Crippen LogP contribution in [0.2, 0.25) is 0 Å². The number of hydrogen-bond acceptors (Lipinski definition) is 2. The zero-order chi connectivity index (χ0) is 11.5. The number of rotatable bonds is 5. The molecule has 2 fully saturated rings. The molecule has 2 aliphatic rings. The lowest BCUT2D eigenvalue weighted by Gasteiger charge is -2.31. The molecule has 1 amide bonds. The van der Waals surface area contributed by atoms with E-state index in [2.05, 4.69) is 24.1 Å². The van der Waals surface area contributed by atoms with Gasteiger partial charge < -0.3 is 4.90 Å². The summed E-state index contributed by atoms with van der Waals surface area (Å²) in [6.07, 6.45) is 7.55.